The van der Waals surface area contributed by atoms with Crippen LogP contribution in [0.2, 0.25) is 0 Å². The minimum absolute atomic E-state index is 1.22. The quantitative estimate of drug-likeness (QED) is 0.0607. The van der Waals surface area contributed by atoms with Crippen LogP contribution in [0.5, 0.6) is 0 Å². The van der Waals surface area contributed by atoms with E-state index in [-0.39, 0.29) is 0 Å². The molecule has 4 heteroatoms. The molecule has 2 rings (SSSR count). The highest BCUT2D eigenvalue weighted by atomic mass is 79.9. The molecule has 2 aromatic heterocycles. The van der Waals surface area contributed by atoms with E-state index in [0.717, 1.165) is 0 Å². The molecular weight excluding hydrogens is 752 g/mol. The molecule has 0 aromatic carbocycles. The molecule has 0 saturated carbocycles. The van der Waals surface area contributed by atoms with Crippen molar-refractivity contribution < 1.29 is 0 Å². The third-order valence-electron chi connectivity index (χ3n) is 10.4. The van der Waals surface area contributed by atoms with Gasteiger partial charge in [-0.1, -0.05) is 206 Å². The van der Waals surface area contributed by atoms with Crippen molar-refractivity contribution in [2.45, 2.75) is 232 Å². The second kappa shape index (κ2) is 32.0. The lowest BCUT2D eigenvalue weighted by molar-refractivity contribution is 0.529. The molecule has 0 nitrogen and oxygen atoms in total. The highest BCUT2D eigenvalue weighted by Crippen LogP contribution is 2.42. The van der Waals surface area contributed by atoms with E-state index in [1.54, 1.807) is 0 Å². The lowest BCUT2D eigenvalue weighted by atomic mass is 10.0. The number of rotatable bonds is 35. The number of hydrogen-bond acceptors (Lipinski definition) is 2. The van der Waals surface area contributed by atoms with Gasteiger partial charge in [-0.25, -0.2) is 0 Å². The molecule has 0 N–H and O–H groups in total. The third kappa shape index (κ3) is 23.0. The molecule has 0 saturated heterocycles. The summed E-state index contributed by atoms with van der Waals surface area (Å²) in [7, 11) is 0. The standard InChI is InChI=1S/C44H76Br2S2/c1-3-5-7-9-11-13-15-17-19-21-23-25-27-29-31-33-35-39-37-41(47-43(39)45)42-38-40(44(46)48-42)36-34-32-30-28-26-24-22-20-18-16-14-12-10-8-6-4-2/h37-38H,3-36H2,1-2H3. The van der Waals surface area contributed by atoms with Crippen LogP contribution in [0.25, 0.3) is 9.75 Å². The Labute approximate surface area is 325 Å². The Balaban J connectivity index is 1.45. The average molecular weight is 829 g/mol. The number of hydrogen-bond donors (Lipinski definition) is 0. The summed E-state index contributed by atoms with van der Waals surface area (Å²) in [5.74, 6) is 0. The zero-order chi connectivity index (χ0) is 34.3. The van der Waals surface area contributed by atoms with E-state index < -0.39 is 0 Å². The first-order valence-electron chi connectivity index (χ1n) is 21.2. The predicted molar refractivity (Wildman–Crippen MR) is 230 cm³/mol. The van der Waals surface area contributed by atoms with Crippen LogP contribution in [0, 0.1) is 0 Å². The minimum Gasteiger partial charge on any atom is -0.127 e. The fourth-order valence-corrected chi connectivity index (χ4v) is 10.7. The van der Waals surface area contributed by atoms with Crippen LogP contribution in [-0.4, -0.2) is 0 Å². The van der Waals surface area contributed by atoms with Gasteiger partial charge in [0, 0.05) is 9.75 Å². The Morgan fingerprint density at radius 2 is 0.542 bits per heavy atom. The molecule has 0 atom stereocenters. The van der Waals surface area contributed by atoms with E-state index in [9.17, 15) is 0 Å². The van der Waals surface area contributed by atoms with Crippen LogP contribution in [-0.2, 0) is 12.8 Å². The van der Waals surface area contributed by atoms with Gasteiger partial charge >= 0.3 is 0 Å². The smallest absolute Gasteiger partial charge is 0.0737 e. The van der Waals surface area contributed by atoms with Crippen molar-refractivity contribution in [3.05, 3.63) is 30.8 Å². The van der Waals surface area contributed by atoms with Gasteiger partial charge in [0.2, 0.25) is 0 Å². The minimum atomic E-state index is 1.22. The second-order valence-corrected chi connectivity index (χ2v) is 19.7. The van der Waals surface area contributed by atoms with Crippen LogP contribution >= 0.6 is 54.5 Å². The summed E-state index contributed by atoms with van der Waals surface area (Å²) >= 11 is 11.7. The number of unbranched alkanes of at least 4 members (excludes halogenated alkanes) is 30. The maximum absolute atomic E-state index is 3.90. The first kappa shape index (κ1) is 44.5. The Morgan fingerprint density at radius 1 is 0.333 bits per heavy atom. The van der Waals surface area contributed by atoms with Gasteiger partial charge in [0.15, 0.2) is 0 Å². The summed E-state index contributed by atoms with van der Waals surface area (Å²) < 4.78 is 2.70. The van der Waals surface area contributed by atoms with Crippen molar-refractivity contribution in [1.82, 2.24) is 0 Å². The largest absolute Gasteiger partial charge is 0.127 e. The molecule has 2 aromatic rings. The molecule has 2 heterocycles. The van der Waals surface area contributed by atoms with Crippen molar-refractivity contribution >= 4 is 54.5 Å². The van der Waals surface area contributed by atoms with Crippen LogP contribution in [0.4, 0.5) is 0 Å². The Kier molecular flexibility index (Phi) is 29.7. The van der Waals surface area contributed by atoms with Gasteiger partial charge in [0.05, 0.1) is 7.57 Å². The van der Waals surface area contributed by atoms with Crippen molar-refractivity contribution in [3.8, 4) is 9.75 Å². The monoisotopic (exact) mass is 826 g/mol. The fourth-order valence-electron chi connectivity index (χ4n) is 7.12. The SMILES string of the molecule is CCCCCCCCCCCCCCCCCCc1cc(-c2cc(CCCCCCCCCCCCCCCCCC)c(Br)s2)sc1Br. The van der Waals surface area contributed by atoms with Gasteiger partial charge in [-0.2, -0.15) is 0 Å². The number of thiophene rings is 2. The maximum atomic E-state index is 3.90. The predicted octanol–water partition coefficient (Wildman–Crippen LogP) is 18.6. The lowest BCUT2D eigenvalue weighted by Gasteiger charge is -2.04. The summed E-state index contributed by atoms with van der Waals surface area (Å²) in [6.45, 7) is 4.61. The van der Waals surface area contributed by atoms with Crippen molar-refractivity contribution in [2.24, 2.45) is 0 Å². The molecule has 0 aliphatic rings. The summed E-state index contributed by atoms with van der Waals surface area (Å²) in [5, 5.41) is 0. The molecule has 278 valence electrons. The first-order chi connectivity index (χ1) is 23.7. The number of aryl methyl sites for hydroxylation is 2. The normalized spacial score (nSPS) is 11.7. The average Bonchev–Trinajstić information content (AvgIpc) is 3.65. The Bertz CT molecular complexity index is 898. The molecule has 0 unspecified atom stereocenters. The highest BCUT2D eigenvalue weighted by molar-refractivity contribution is 9.11. The highest BCUT2D eigenvalue weighted by Gasteiger charge is 2.13. The van der Waals surface area contributed by atoms with E-state index in [1.165, 1.54) is 247 Å². The van der Waals surface area contributed by atoms with Crippen molar-refractivity contribution in [1.29, 1.82) is 0 Å². The fraction of sp³-hybridized carbons (Fsp3) is 0.818. The molecule has 0 radical (unpaired) electrons. The van der Waals surface area contributed by atoms with E-state index in [4.69, 9.17) is 0 Å². The van der Waals surface area contributed by atoms with E-state index >= 15 is 0 Å². The molecular formula is C44H76Br2S2. The zero-order valence-electron chi connectivity index (χ0n) is 31.8. The van der Waals surface area contributed by atoms with Crippen LogP contribution in [0.3, 0.4) is 0 Å². The second-order valence-electron chi connectivity index (χ2n) is 14.9. The molecule has 0 aliphatic heterocycles. The molecule has 0 spiro atoms. The lowest BCUT2D eigenvalue weighted by Crippen LogP contribution is -1.86. The third-order valence-corrected chi connectivity index (χ3v) is 14.5. The molecule has 48 heavy (non-hydrogen) atoms. The van der Waals surface area contributed by atoms with E-state index in [2.05, 4.69) is 57.8 Å². The molecule has 0 amide bonds. The Hall–Kier alpha value is 0.360. The van der Waals surface area contributed by atoms with Gasteiger partial charge in [-0.3, -0.25) is 0 Å². The van der Waals surface area contributed by atoms with Crippen LogP contribution in [0.1, 0.15) is 230 Å². The van der Waals surface area contributed by atoms with Gasteiger partial charge in [0.1, 0.15) is 0 Å². The first-order valence-corrected chi connectivity index (χ1v) is 24.4. The summed E-state index contributed by atoms with van der Waals surface area (Å²) in [4.78, 5) is 2.88. The van der Waals surface area contributed by atoms with Gasteiger partial charge < -0.3 is 0 Å². The molecule has 0 fully saturated rings. The zero-order valence-corrected chi connectivity index (χ0v) is 36.6. The van der Waals surface area contributed by atoms with Crippen LogP contribution in [0.15, 0.2) is 19.7 Å². The summed E-state index contributed by atoms with van der Waals surface area (Å²) in [5.41, 5.74) is 3.04. The van der Waals surface area contributed by atoms with E-state index in [1.807, 2.05) is 22.7 Å². The molecule has 0 bridgehead atoms. The molecule has 0 aliphatic carbocycles. The van der Waals surface area contributed by atoms with Crippen LogP contribution < -0.4 is 0 Å². The topological polar surface area (TPSA) is 0 Å². The summed E-state index contributed by atoms with van der Waals surface area (Å²) in [6.07, 6.45) is 48.3. The number of halogens is 2. The van der Waals surface area contributed by atoms with Gasteiger partial charge in [-0.05, 0) is 80.8 Å². The van der Waals surface area contributed by atoms with Gasteiger partial charge in [0.25, 0.3) is 0 Å². The van der Waals surface area contributed by atoms with Gasteiger partial charge in [-0.15, -0.1) is 22.7 Å². The van der Waals surface area contributed by atoms with E-state index in [0.29, 0.717) is 0 Å². The van der Waals surface area contributed by atoms with Crippen molar-refractivity contribution in [3.63, 3.8) is 0 Å². The van der Waals surface area contributed by atoms with Crippen molar-refractivity contribution in [2.75, 3.05) is 0 Å². The Morgan fingerprint density at radius 3 is 0.771 bits per heavy atom. The maximum Gasteiger partial charge on any atom is 0.0737 e. The summed E-state index contributed by atoms with van der Waals surface area (Å²) in [6, 6.07) is 4.94.